The van der Waals surface area contributed by atoms with Crippen molar-refractivity contribution >= 4 is 13.8 Å². The fourth-order valence-electron chi connectivity index (χ4n) is 6.05. The highest BCUT2D eigenvalue weighted by Gasteiger charge is 2.25. The van der Waals surface area contributed by atoms with Gasteiger partial charge in [0.25, 0.3) is 0 Å². The number of nitrogens with two attached hydrogens (primary N) is 1. The van der Waals surface area contributed by atoms with E-state index in [2.05, 4.69) is 26.0 Å². The molecule has 0 rings (SSSR count). The molecule has 2 atom stereocenters. The van der Waals surface area contributed by atoms with Crippen molar-refractivity contribution < 1.29 is 32.8 Å². The second-order valence-electron chi connectivity index (χ2n) is 14.2. The van der Waals surface area contributed by atoms with E-state index in [1.807, 2.05) is 0 Å². The Morgan fingerprint density at radius 3 is 1.46 bits per heavy atom. The lowest BCUT2D eigenvalue weighted by Crippen LogP contribution is -2.28. The van der Waals surface area contributed by atoms with Gasteiger partial charge in [-0.05, 0) is 38.5 Å². The number of hydrogen-bond acceptors (Lipinski definition) is 7. The van der Waals surface area contributed by atoms with Crippen LogP contribution < -0.4 is 5.73 Å². The second kappa shape index (κ2) is 39.4. The molecular formula is C41H82NO7P. The van der Waals surface area contributed by atoms with E-state index in [-0.39, 0.29) is 32.3 Å². The Balaban J connectivity index is 3.94. The van der Waals surface area contributed by atoms with E-state index in [0.29, 0.717) is 13.0 Å². The lowest BCUT2D eigenvalue weighted by Gasteiger charge is -2.20. The first-order valence-electron chi connectivity index (χ1n) is 21.2. The van der Waals surface area contributed by atoms with Gasteiger partial charge in [-0.3, -0.25) is 13.8 Å². The lowest BCUT2D eigenvalue weighted by molar-refractivity contribution is -0.154. The van der Waals surface area contributed by atoms with Crippen molar-refractivity contribution in [2.24, 2.45) is 5.73 Å². The van der Waals surface area contributed by atoms with Gasteiger partial charge in [0.1, 0.15) is 6.10 Å². The SMILES string of the molecule is CCCCCCCCCC/C=C\CCCCCCCCCCCC(=O)OC(COCCCCCCCCCCCC)COP(=O)(O)OCCN. The molecule has 0 saturated carbocycles. The van der Waals surface area contributed by atoms with Crippen molar-refractivity contribution in [1.82, 2.24) is 0 Å². The molecule has 2 unspecified atom stereocenters. The monoisotopic (exact) mass is 732 g/mol. The molecule has 50 heavy (non-hydrogen) atoms. The number of carbonyl (C=O) groups excluding carboxylic acids is 1. The summed E-state index contributed by atoms with van der Waals surface area (Å²) in [4.78, 5) is 22.4. The maximum absolute atomic E-state index is 12.6. The van der Waals surface area contributed by atoms with E-state index in [0.717, 1.165) is 32.1 Å². The second-order valence-corrected chi connectivity index (χ2v) is 15.7. The zero-order valence-electron chi connectivity index (χ0n) is 32.9. The number of hydrogen-bond donors (Lipinski definition) is 2. The fraction of sp³-hybridized carbons (Fsp3) is 0.927. The number of phosphoric ester groups is 1. The summed E-state index contributed by atoms with van der Waals surface area (Å²) in [6.07, 6.45) is 40.9. The van der Waals surface area contributed by atoms with Crippen LogP contribution in [0.3, 0.4) is 0 Å². The normalized spacial score (nSPS) is 13.6. The van der Waals surface area contributed by atoms with Crippen LogP contribution in [0.1, 0.15) is 206 Å². The van der Waals surface area contributed by atoms with E-state index in [1.54, 1.807) is 0 Å². The molecule has 0 bridgehead atoms. The molecule has 0 aliphatic rings. The lowest BCUT2D eigenvalue weighted by atomic mass is 10.1. The number of esters is 1. The van der Waals surface area contributed by atoms with Crippen LogP contribution in [-0.4, -0.2) is 49.9 Å². The highest BCUT2D eigenvalue weighted by Crippen LogP contribution is 2.43. The van der Waals surface area contributed by atoms with Crippen molar-refractivity contribution in [2.75, 3.05) is 33.0 Å². The minimum Gasteiger partial charge on any atom is -0.457 e. The summed E-state index contributed by atoms with van der Waals surface area (Å²) in [6, 6.07) is 0. The fourth-order valence-corrected chi connectivity index (χ4v) is 6.82. The zero-order chi connectivity index (χ0) is 36.6. The van der Waals surface area contributed by atoms with E-state index in [4.69, 9.17) is 24.3 Å². The zero-order valence-corrected chi connectivity index (χ0v) is 33.8. The number of rotatable bonds is 41. The first-order chi connectivity index (χ1) is 24.4. The van der Waals surface area contributed by atoms with Crippen molar-refractivity contribution in [3.05, 3.63) is 12.2 Å². The van der Waals surface area contributed by atoms with Gasteiger partial charge in [0.2, 0.25) is 0 Å². The highest BCUT2D eigenvalue weighted by molar-refractivity contribution is 7.47. The molecule has 0 fully saturated rings. The topological polar surface area (TPSA) is 117 Å². The molecule has 0 heterocycles. The number of phosphoric acid groups is 1. The van der Waals surface area contributed by atoms with Crippen LogP contribution in [0.15, 0.2) is 12.2 Å². The van der Waals surface area contributed by atoms with Crippen molar-refractivity contribution in [3.8, 4) is 0 Å². The maximum Gasteiger partial charge on any atom is 0.472 e. The van der Waals surface area contributed by atoms with Crippen LogP contribution in [0.25, 0.3) is 0 Å². The summed E-state index contributed by atoms with van der Waals surface area (Å²) in [5.74, 6) is -0.330. The Bertz CT molecular complexity index is 782. The molecular weight excluding hydrogens is 649 g/mol. The Morgan fingerprint density at radius 2 is 1.00 bits per heavy atom. The summed E-state index contributed by atoms with van der Waals surface area (Å²) in [5, 5.41) is 0. The van der Waals surface area contributed by atoms with Crippen molar-refractivity contribution in [2.45, 2.75) is 213 Å². The molecule has 0 amide bonds. The van der Waals surface area contributed by atoms with Gasteiger partial charge >= 0.3 is 13.8 Å². The molecule has 0 radical (unpaired) electrons. The summed E-state index contributed by atoms with van der Waals surface area (Å²) in [5.41, 5.74) is 5.36. The molecule has 3 N–H and O–H groups in total. The average Bonchev–Trinajstić information content (AvgIpc) is 3.10. The molecule has 8 nitrogen and oxygen atoms in total. The molecule has 0 aromatic heterocycles. The molecule has 298 valence electrons. The largest absolute Gasteiger partial charge is 0.472 e. The molecule has 0 aliphatic heterocycles. The Morgan fingerprint density at radius 1 is 0.580 bits per heavy atom. The van der Waals surface area contributed by atoms with Gasteiger partial charge in [0.15, 0.2) is 0 Å². The molecule has 0 spiro atoms. The van der Waals surface area contributed by atoms with Crippen LogP contribution in [0, 0.1) is 0 Å². The van der Waals surface area contributed by atoms with Crippen LogP contribution in [0.2, 0.25) is 0 Å². The quantitative estimate of drug-likeness (QED) is 0.0276. The summed E-state index contributed by atoms with van der Waals surface area (Å²) >= 11 is 0. The number of allylic oxidation sites excluding steroid dienone is 2. The van der Waals surface area contributed by atoms with Crippen LogP contribution in [-0.2, 0) is 27.9 Å². The van der Waals surface area contributed by atoms with Gasteiger partial charge in [0, 0.05) is 19.6 Å². The third-order valence-corrected chi connectivity index (χ3v) is 10.2. The van der Waals surface area contributed by atoms with E-state index < -0.39 is 13.9 Å². The standard InChI is InChI=1S/C41H82NO7P/c1-3-5-7-9-11-13-15-16-17-18-19-20-21-22-23-24-25-26-28-30-32-34-41(43)49-40(39-48-50(44,45)47-37-35-42)38-46-36-33-31-29-27-14-12-10-8-6-4-2/h18-19,40H,3-17,20-39,42H2,1-2H3,(H,44,45)/b19-18-. The van der Waals surface area contributed by atoms with Gasteiger partial charge in [-0.25, -0.2) is 4.57 Å². The van der Waals surface area contributed by atoms with Crippen molar-refractivity contribution in [3.63, 3.8) is 0 Å². The predicted molar refractivity (Wildman–Crippen MR) is 210 cm³/mol. The molecule has 0 aliphatic carbocycles. The van der Waals surface area contributed by atoms with Crippen LogP contribution in [0.5, 0.6) is 0 Å². The third-order valence-electron chi connectivity index (χ3n) is 9.18. The molecule has 9 heteroatoms. The number of ether oxygens (including phenoxy) is 2. The van der Waals surface area contributed by atoms with Crippen molar-refractivity contribution in [1.29, 1.82) is 0 Å². The Labute approximate surface area is 309 Å². The van der Waals surface area contributed by atoms with Gasteiger partial charge in [-0.2, -0.15) is 0 Å². The van der Waals surface area contributed by atoms with Gasteiger partial charge in [-0.15, -0.1) is 0 Å². The maximum atomic E-state index is 12.6. The van der Waals surface area contributed by atoms with Gasteiger partial charge in [-0.1, -0.05) is 174 Å². The van der Waals surface area contributed by atoms with Gasteiger partial charge in [0.05, 0.1) is 19.8 Å². The average molecular weight is 732 g/mol. The summed E-state index contributed by atoms with van der Waals surface area (Å²) in [7, 11) is -4.27. The smallest absolute Gasteiger partial charge is 0.457 e. The third kappa shape index (κ3) is 38.5. The molecule has 0 saturated heterocycles. The minimum atomic E-state index is -4.27. The predicted octanol–water partition coefficient (Wildman–Crippen LogP) is 12.3. The minimum absolute atomic E-state index is 0.0927. The first-order valence-corrected chi connectivity index (χ1v) is 22.7. The van der Waals surface area contributed by atoms with Gasteiger partial charge < -0.3 is 20.1 Å². The number of carbonyl (C=O) groups is 1. The van der Waals surface area contributed by atoms with E-state index in [9.17, 15) is 14.3 Å². The van der Waals surface area contributed by atoms with E-state index in [1.165, 1.54) is 154 Å². The highest BCUT2D eigenvalue weighted by atomic mass is 31.2. The number of unbranched alkanes of at least 4 members (excludes halogenated alkanes) is 26. The van der Waals surface area contributed by atoms with Crippen LogP contribution in [0.4, 0.5) is 0 Å². The summed E-state index contributed by atoms with van der Waals surface area (Å²) in [6.45, 7) is 4.94. The van der Waals surface area contributed by atoms with E-state index >= 15 is 0 Å². The summed E-state index contributed by atoms with van der Waals surface area (Å²) < 4.78 is 33.3. The molecule has 0 aromatic rings. The Hall–Kier alpha value is -0.760. The first kappa shape index (κ1) is 49.2. The van der Waals surface area contributed by atoms with Crippen LogP contribution >= 0.6 is 7.82 Å². The Kier molecular flexibility index (Phi) is 38.8. The molecule has 0 aromatic carbocycles.